The average Bonchev–Trinajstić information content (AvgIpc) is 2.99. The van der Waals surface area contributed by atoms with Crippen LogP contribution in [-0.2, 0) is 0 Å². The molecule has 3 nitrogen and oxygen atoms in total. The van der Waals surface area contributed by atoms with Crippen LogP contribution >= 0.6 is 11.3 Å². The van der Waals surface area contributed by atoms with E-state index in [2.05, 4.69) is 58.1 Å². The van der Waals surface area contributed by atoms with Crippen molar-refractivity contribution in [1.82, 2.24) is 10.2 Å². The maximum absolute atomic E-state index is 4.02. The van der Waals surface area contributed by atoms with Gasteiger partial charge in [-0.15, -0.1) is 11.3 Å². The molecular weight excluding hydrogens is 230 g/mol. The van der Waals surface area contributed by atoms with E-state index in [9.17, 15) is 0 Å². The SMILES string of the molecule is CC(Nc1ccc2cn[nH]c2c1)c1cccs1. The Kier molecular flexibility index (Phi) is 2.57. The van der Waals surface area contributed by atoms with Crippen LogP contribution < -0.4 is 5.32 Å². The number of thiophene rings is 1. The van der Waals surface area contributed by atoms with Crippen LogP contribution in [-0.4, -0.2) is 10.2 Å². The van der Waals surface area contributed by atoms with E-state index in [0.717, 1.165) is 16.6 Å². The normalized spacial score (nSPS) is 12.8. The second kappa shape index (κ2) is 4.22. The molecule has 1 atom stereocenters. The Balaban J connectivity index is 1.84. The molecule has 0 radical (unpaired) electrons. The molecule has 0 aliphatic carbocycles. The number of rotatable bonds is 3. The number of benzene rings is 1. The highest BCUT2D eigenvalue weighted by atomic mass is 32.1. The first-order chi connectivity index (χ1) is 8.33. The molecule has 3 rings (SSSR count). The van der Waals surface area contributed by atoms with E-state index in [0.29, 0.717) is 6.04 Å². The van der Waals surface area contributed by atoms with Gasteiger partial charge in [-0.2, -0.15) is 5.10 Å². The van der Waals surface area contributed by atoms with Crippen molar-refractivity contribution in [2.75, 3.05) is 5.32 Å². The Bertz CT molecular complexity index is 612. The van der Waals surface area contributed by atoms with Gasteiger partial charge in [-0.05, 0) is 36.6 Å². The summed E-state index contributed by atoms with van der Waals surface area (Å²) in [4.78, 5) is 1.34. The first kappa shape index (κ1) is 10.4. The third kappa shape index (κ3) is 2.03. The molecule has 3 aromatic rings. The van der Waals surface area contributed by atoms with Gasteiger partial charge in [-0.3, -0.25) is 5.10 Å². The summed E-state index contributed by atoms with van der Waals surface area (Å²) in [5, 5.41) is 13.7. The van der Waals surface area contributed by atoms with Gasteiger partial charge in [0.15, 0.2) is 0 Å². The van der Waals surface area contributed by atoms with Crippen LogP contribution in [0.15, 0.2) is 41.9 Å². The van der Waals surface area contributed by atoms with Crippen molar-refractivity contribution >= 4 is 27.9 Å². The minimum atomic E-state index is 0.329. The van der Waals surface area contributed by atoms with E-state index in [4.69, 9.17) is 0 Å². The van der Waals surface area contributed by atoms with E-state index in [1.165, 1.54) is 4.88 Å². The Labute approximate surface area is 103 Å². The van der Waals surface area contributed by atoms with Crippen LogP contribution in [0, 0.1) is 0 Å². The second-order valence-corrected chi connectivity index (χ2v) is 5.03. The van der Waals surface area contributed by atoms with E-state index in [1.54, 1.807) is 11.3 Å². The summed E-state index contributed by atoms with van der Waals surface area (Å²) in [6.45, 7) is 2.17. The Morgan fingerprint density at radius 3 is 3.12 bits per heavy atom. The summed E-state index contributed by atoms with van der Waals surface area (Å²) in [6.07, 6.45) is 1.84. The fourth-order valence-electron chi connectivity index (χ4n) is 1.89. The van der Waals surface area contributed by atoms with Crippen LogP contribution in [0.1, 0.15) is 17.8 Å². The predicted molar refractivity (Wildman–Crippen MR) is 72.5 cm³/mol. The molecule has 0 spiro atoms. The number of aromatic nitrogens is 2. The van der Waals surface area contributed by atoms with E-state index in [-0.39, 0.29) is 0 Å². The molecule has 1 unspecified atom stereocenters. The number of anilines is 1. The molecule has 0 saturated heterocycles. The van der Waals surface area contributed by atoms with Gasteiger partial charge in [-0.25, -0.2) is 0 Å². The molecule has 0 amide bonds. The molecule has 2 aromatic heterocycles. The van der Waals surface area contributed by atoms with Crippen LogP contribution in [0.2, 0.25) is 0 Å². The van der Waals surface area contributed by atoms with E-state index < -0.39 is 0 Å². The minimum Gasteiger partial charge on any atom is -0.378 e. The van der Waals surface area contributed by atoms with Gasteiger partial charge < -0.3 is 5.32 Å². The lowest BCUT2D eigenvalue weighted by Crippen LogP contribution is -2.04. The van der Waals surface area contributed by atoms with Crippen molar-refractivity contribution in [3.63, 3.8) is 0 Å². The van der Waals surface area contributed by atoms with Gasteiger partial charge in [0.2, 0.25) is 0 Å². The molecular formula is C13H13N3S. The number of hydrogen-bond acceptors (Lipinski definition) is 3. The molecule has 86 valence electrons. The first-order valence-corrected chi connectivity index (χ1v) is 6.44. The van der Waals surface area contributed by atoms with Crippen molar-refractivity contribution in [1.29, 1.82) is 0 Å². The first-order valence-electron chi connectivity index (χ1n) is 5.56. The summed E-state index contributed by atoms with van der Waals surface area (Å²) >= 11 is 1.77. The molecule has 1 aromatic carbocycles. The molecule has 17 heavy (non-hydrogen) atoms. The van der Waals surface area contributed by atoms with Crippen molar-refractivity contribution in [2.24, 2.45) is 0 Å². The van der Waals surface area contributed by atoms with E-state index >= 15 is 0 Å². The maximum Gasteiger partial charge on any atom is 0.0670 e. The maximum atomic E-state index is 4.02. The predicted octanol–water partition coefficient (Wildman–Crippen LogP) is 3.80. The average molecular weight is 243 g/mol. The highest BCUT2D eigenvalue weighted by Crippen LogP contribution is 2.24. The van der Waals surface area contributed by atoms with Gasteiger partial charge in [0.25, 0.3) is 0 Å². The summed E-state index contributed by atoms with van der Waals surface area (Å²) in [5.74, 6) is 0. The number of H-pyrrole nitrogens is 1. The zero-order valence-electron chi connectivity index (χ0n) is 9.47. The van der Waals surface area contributed by atoms with Crippen LogP contribution in [0.5, 0.6) is 0 Å². The standard InChI is InChI=1S/C13H13N3S/c1-9(13-3-2-6-17-13)15-11-5-4-10-8-14-16-12(10)7-11/h2-9,15H,1H3,(H,14,16). The van der Waals surface area contributed by atoms with E-state index in [1.807, 2.05) is 6.20 Å². The highest BCUT2D eigenvalue weighted by molar-refractivity contribution is 7.10. The van der Waals surface area contributed by atoms with Gasteiger partial charge >= 0.3 is 0 Å². The topological polar surface area (TPSA) is 40.7 Å². The van der Waals surface area contributed by atoms with Crippen LogP contribution in [0.3, 0.4) is 0 Å². The molecule has 0 aliphatic heterocycles. The lowest BCUT2D eigenvalue weighted by Gasteiger charge is -2.13. The van der Waals surface area contributed by atoms with Crippen molar-refractivity contribution in [3.05, 3.63) is 46.8 Å². The second-order valence-electron chi connectivity index (χ2n) is 4.05. The lowest BCUT2D eigenvalue weighted by molar-refractivity contribution is 0.908. The van der Waals surface area contributed by atoms with Crippen LogP contribution in [0.4, 0.5) is 5.69 Å². The molecule has 4 heteroatoms. The lowest BCUT2D eigenvalue weighted by atomic mass is 10.2. The summed E-state index contributed by atoms with van der Waals surface area (Å²) in [5.41, 5.74) is 2.18. The summed E-state index contributed by atoms with van der Waals surface area (Å²) in [7, 11) is 0. The Morgan fingerprint density at radius 1 is 1.35 bits per heavy atom. The number of fused-ring (bicyclic) bond motifs is 1. The number of nitrogens with one attached hydrogen (secondary N) is 2. The van der Waals surface area contributed by atoms with Gasteiger partial charge in [0.05, 0.1) is 17.8 Å². The highest BCUT2D eigenvalue weighted by Gasteiger charge is 2.06. The quantitative estimate of drug-likeness (QED) is 0.734. The smallest absolute Gasteiger partial charge is 0.0670 e. The van der Waals surface area contributed by atoms with Gasteiger partial charge in [-0.1, -0.05) is 6.07 Å². The van der Waals surface area contributed by atoms with Crippen LogP contribution in [0.25, 0.3) is 10.9 Å². The fraction of sp³-hybridized carbons (Fsp3) is 0.154. The van der Waals surface area contributed by atoms with Crippen molar-refractivity contribution in [2.45, 2.75) is 13.0 Å². The fourth-order valence-corrected chi connectivity index (χ4v) is 2.62. The largest absolute Gasteiger partial charge is 0.378 e. The number of aromatic amines is 1. The zero-order valence-corrected chi connectivity index (χ0v) is 10.3. The number of hydrogen-bond donors (Lipinski definition) is 2. The monoisotopic (exact) mass is 243 g/mol. The summed E-state index contributed by atoms with van der Waals surface area (Å²) < 4.78 is 0. The Hall–Kier alpha value is -1.81. The molecule has 0 saturated carbocycles. The van der Waals surface area contributed by atoms with Crippen molar-refractivity contribution < 1.29 is 0 Å². The molecule has 0 fully saturated rings. The molecule has 2 N–H and O–H groups in total. The minimum absolute atomic E-state index is 0.329. The van der Waals surface area contributed by atoms with Gasteiger partial charge in [0.1, 0.15) is 0 Å². The number of nitrogens with zero attached hydrogens (tertiary/aromatic N) is 1. The molecule has 0 bridgehead atoms. The van der Waals surface area contributed by atoms with Crippen molar-refractivity contribution in [3.8, 4) is 0 Å². The molecule has 2 heterocycles. The molecule has 0 aliphatic rings. The summed E-state index contributed by atoms with van der Waals surface area (Å²) in [6, 6.07) is 10.8. The Morgan fingerprint density at radius 2 is 2.29 bits per heavy atom. The third-order valence-corrected chi connectivity index (χ3v) is 3.85. The van der Waals surface area contributed by atoms with Gasteiger partial charge in [0, 0.05) is 16.0 Å². The third-order valence-electron chi connectivity index (χ3n) is 2.80. The zero-order chi connectivity index (χ0) is 11.7.